The van der Waals surface area contributed by atoms with E-state index in [1.165, 1.54) is 11.3 Å². The van der Waals surface area contributed by atoms with Gasteiger partial charge < -0.3 is 20.3 Å². The molecule has 0 unspecified atom stereocenters. The van der Waals surface area contributed by atoms with E-state index in [0.29, 0.717) is 58.6 Å². The van der Waals surface area contributed by atoms with Crippen molar-refractivity contribution in [1.29, 1.82) is 5.26 Å². The van der Waals surface area contributed by atoms with Gasteiger partial charge in [0.05, 0.1) is 22.4 Å². The van der Waals surface area contributed by atoms with Crippen molar-refractivity contribution in [3.05, 3.63) is 78.0 Å². The average Bonchev–Trinajstić information content (AvgIpc) is 3.37. The normalized spacial score (nSPS) is 15.4. The van der Waals surface area contributed by atoms with Crippen LogP contribution in [-0.4, -0.2) is 40.8 Å². The van der Waals surface area contributed by atoms with Crippen molar-refractivity contribution in [2.75, 3.05) is 28.6 Å². The molecule has 0 radical (unpaired) electrons. The SMILES string of the molecule is Cc1cc(Oc2ccccc2)ccc1N1C(=O)Nc2c(NC(=O)C3CCN(C(=O)C(C#N)=CC(C)(C)C)CC3)sc3nccc1c23. The number of aromatic nitrogens is 1. The van der Waals surface area contributed by atoms with Gasteiger partial charge in [0.15, 0.2) is 0 Å². The molecular weight excluding hydrogens is 600 g/mol. The van der Waals surface area contributed by atoms with Gasteiger partial charge in [-0.2, -0.15) is 5.26 Å². The molecule has 1 fully saturated rings. The Morgan fingerprint density at radius 1 is 1.09 bits per heavy atom. The summed E-state index contributed by atoms with van der Waals surface area (Å²) in [6.45, 7) is 8.50. The number of pyridine rings is 1. The standard InChI is InChI=1S/C35H34N6O4S/c1-21-18-25(45-24-8-6-5-7-9-24)10-11-26(21)41-27-12-15-37-31-28(27)29(38-34(41)44)32(46-31)39-30(42)22-13-16-40(17-14-22)33(43)23(20-36)19-35(2,3)4/h5-12,15,18-19,22H,13-14,16-17H2,1-4H3,(H,38,44)(H,39,42). The van der Waals surface area contributed by atoms with E-state index in [9.17, 15) is 19.6 Å². The van der Waals surface area contributed by atoms with E-state index in [2.05, 4.69) is 15.6 Å². The van der Waals surface area contributed by atoms with Gasteiger partial charge in [0.1, 0.15) is 33.0 Å². The third-order valence-corrected chi connectivity index (χ3v) is 8.97. The number of rotatable bonds is 6. The Bertz CT molecular complexity index is 1910. The number of carbonyl (C=O) groups is 3. The maximum absolute atomic E-state index is 13.6. The van der Waals surface area contributed by atoms with Crippen molar-refractivity contribution >= 4 is 61.5 Å². The highest BCUT2D eigenvalue weighted by Crippen LogP contribution is 2.49. The van der Waals surface area contributed by atoms with Crippen molar-refractivity contribution in [1.82, 2.24) is 9.88 Å². The number of hydrogen-bond acceptors (Lipinski definition) is 7. The van der Waals surface area contributed by atoms with E-state index in [1.807, 2.05) is 82.3 Å². The minimum atomic E-state index is -0.350. The van der Waals surface area contributed by atoms with Gasteiger partial charge in [0, 0.05) is 25.2 Å². The molecule has 0 saturated carbocycles. The maximum Gasteiger partial charge on any atom is 0.331 e. The molecule has 4 aromatic rings. The molecule has 2 aromatic carbocycles. The minimum absolute atomic E-state index is 0.125. The zero-order chi connectivity index (χ0) is 32.6. The molecule has 0 aliphatic carbocycles. The van der Waals surface area contributed by atoms with E-state index in [1.54, 1.807) is 28.1 Å². The number of thiophene rings is 1. The Hall–Kier alpha value is -5.21. The summed E-state index contributed by atoms with van der Waals surface area (Å²) in [5.74, 6) is 0.585. The molecule has 2 aliphatic heterocycles. The minimum Gasteiger partial charge on any atom is -0.457 e. The molecule has 2 aliphatic rings. The Balaban J connectivity index is 1.19. The lowest BCUT2D eigenvalue weighted by molar-refractivity contribution is -0.130. The van der Waals surface area contributed by atoms with Gasteiger partial charge in [-0.05, 0) is 67.1 Å². The first-order chi connectivity index (χ1) is 22.0. The Kier molecular flexibility index (Phi) is 8.23. The van der Waals surface area contributed by atoms with Crippen LogP contribution >= 0.6 is 11.3 Å². The monoisotopic (exact) mass is 634 g/mol. The molecule has 10 nitrogen and oxygen atoms in total. The number of nitriles is 1. The number of carbonyl (C=O) groups excluding carboxylic acids is 3. The Morgan fingerprint density at radius 3 is 2.50 bits per heavy atom. The van der Waals surface area contributed by atoms with E-state index in [0.717, 1.165) is 16.7 Å². The van der Waals surface area contributed by atoms with Crippen LogP contribution in [0.4, 0.5) is 26.9 Å². The molecule has 1 saturated heterocycles. The molecule has 46 heavy (non-hydrogen) atoms. The fourth-order valence-electron chi connectivity index (χ4n) is 5.78. The number of nitrogens with zero attached hydrogens (tertiary/aromatic N) is 4. The van der Waals surface area contributed by atoms with Crippen molar-refractivity contribution in [3.63, 3.8) is 0 Å². The number of hydrogen-bond donors (Lipinski definition) is 2. The van der Waals surface area contributed by atoms with Gasteiger partial charge in [-0.15, -0.1) is 0 Å². The third kappa shape index (κ3) is 6.17. The summed E-state index contributed by atoms with van der Waals surface area (Å²) >= 11 is 1.31. The number of nitrogens with one attached hydrogen (secondary N) is 2. The van der Waals surface area contributed by atoms with E-state index >= 15 is 0 Å². The number of likely N-dealkylation sites (tertiary alicyclic amines) is 1. The summed E-state index contributed by atoms with van der Waals surface area (Å²) in [6.07, 6.45) is 4.29. The first-order valence-electron chi connectivity index (χ1n) is 15.1. The summed E-state index contributed by atoms with van der Waals surface area (Å²) in [7, 11) is 0. The number of benzene rings is 2. The van der Waals surface area contributed by atoms with Gasteiger partial charge in [0.25, 0.3) is 5.91 Å². The number of aryl methyl sites for hydroxylation is 1. The van der Waals surface area contributed by atoms with Crippen molar-refractivity contribution in [3.8, 4) is 17.6 Å². The second-order valence-electron chi connectivity index (χ2n) is 12.5. The molecular formula is C35H34N6O4S. The molecule has 2 aromatic heterocycles. The third-order valence-electron chi connectivity index (χ3n) is 7.95. The van der Waals surface area contributed by atoms with Crippen LogP contribution in [0.25, 0.3) is 10.2 Å². The van der Waals surface area contributed by atoms with Crippen LogP contribution in [0.5, 0.6) is 11.5 Å². The molecule has 0 atom stereocenters. The number of anilines is 4. The predicted octanol–water partition coefficient (Wildman–Crippen LogP) is 7.75. The van der Waals surface area contributed by atoms with Crippen LogP contribution < -0.4 is 20.3 Å². The summed E-state index contributed by atoms with van der Waals surface area (Å²) in [5, 5.41) is 16.8. The highest BCUT2D eigenvalue weighted by molar-refractivity contribution is 7.23. The highest BCUT2D eigenvalue weighted by atomic mass is 32.1. The van der Waals surface area contributed by atoms with E-state index in [-0.39, 0.29) is 34.8 Å². The van der Waals surface area contributed by atoms with E-state index < -0.39 is 0 Å². The molecule has 0 spiro atoms. The summed E-state index contributed by atoms with van der Waals surface area (Å²) < 4.78 is 5.98. The molecule has 2 N–H and O–H groups in total. The van der Waals surface area contributed by atoms with Crippen LogP contribution in [0, 0.1) is 29.6 Å². The van der Waals surface area contributed by atoms with Gasteiger partial charge in [-0.3, -0.25) is 14.5 Å². The molecule has 0 bridgehead atoms. The van der Waals surface area contributed by atoms with E-state index in [4.69, 9.17) is 4.74 Å². The number of amides is 4. The lowest BCUT2D eigenvalue weighted by atomic mass is 9.92. The number of urea groups is 1. The van der Waals surface area contributed by atoms with Crippen LogP contribution in [-0.2, 0) is 9.59 Å². The fourth-order valence-corrected chi connectivity index (χ4v) is 6.80. The van der Waals surface area contributed by atoms with Crippen molar-refractivity contribution in [2.45, 2.75) is 40.5 Å². The molecule has 234 valence electrons. The number of allylic oxidation sites excluding steroid dienone is 1. The Labute approximate surface area is 271 Å². The molecule has 11 heteroatoms. The first kappa shape index (κ1) is 30.8. The second kappa shape index (κ2) is 12.3. The number of piperidine rings is 1. The van der Waals surface area contributed by atoms with Gasteiger partial charge in [-0.1, -0.05) is 56.4 Å². The molecule has 6 rings (SSSR count). The van der Waals surface area contributed by atoms with Crippen LogP contribution in [0.15, 0.2) is 72.4 Å². The van der Waals surface area contributed by atoms with Gasteiger partial charge >= 0.3 is 6.03 Å². The predicted molar refractivity (Wildman–Crippen MR) is 180 cm³/mol. The number of ether oxygens (including phenoxy) is 1. The smallest absolute Gasteiger partial charge is 0.331 e. The summed E-state index contributed by atoms with van der Waals surface area (Å²) in [5.41, 5.74) is 2.57. The lowest BCUT2D eigenvalue weighted by Crippen LogP contribution is -2.42. The van der Waals surface area contributed by atoms with Crippen molar-refractivity contribution in [2.24, 2.45) is 11.3 Å². The average molecular weight is 635 g/mol. The van der Waals surface area contributed by atoms with Crippen LogP contribution in [0.1, 0.15) is 39.2 Å². The zero-order valence-corrected chi connectivity index (χ0v) is 26.9. The number of para-hydroxylation sites is 1. The maximum atomic E-state index is 13.6. The zero-order valence-electron chi connectivity index (χ0n) is 26.1. The van der Waals surface area contributed by atoms with Crippen LogP contribution in [0.2, 0.25) is 0 Å². The van der Waals surface area contributed by atoms with Gasteiger partial charge in [-0.25, -0.2) is 9.78 Å². The van der Waals surface area contributed by atoms with Crippen molar-refractivity contribution < 1.29 is 19.1 Å². The van der Waals surface area contributed by atoms with Gasteiger partial charge in [0.2, 0.25) is 5.91 Å². The Morgan fingerprint density at radius 2 is 1.83 bits per heavy atom. The second-order valence-corrected chi connectivity index (χ2v) is 13.5. The fraction of sp³-hybridized carbons (Fsp3) is 0.286. The largest absolute Gasteiger partial charge is 0.457 e. The first-order valence-corrected chi connectivity index (χ1v) is 15.9. The lowest BCUT2D eigenvalue weighted by Gasteiger charge is -2.32. The summed E-state index contributed by atoms with van der Waals surface area (Å²) in [4.78, 5) is 48.5. The highest BCUT2D eigenvalue weighted by Gasteiger charge is 2.34. The molecule has 4 heterocycles. The topological polar surface area (TPSA) is 128 Å². The quantitative estimate of drug-likeness (QED) is 0.165. The van der Waals surface area contributed by atoms with Crippen LogP contribution in [0.3, 0.4) is 0 Å². The molecule has 4 amide bonds. The summed E-state index contributed by atoms with van der Waals surface area (Å²) in [6, 6.07) is 18.6.